The van der Waals surface area contributed by atoms with Gasteiger partial charge in [0.25, 0.3) is 11.8 Å². The van der Waals surface area contributed by atoms with Crippen LogP contribution in [0.3, 0.4) is 0 Å². The Morgan fingerprint density at radius 3 is 2.42 bits per heavy atom. The second-order valence-corrected chi connectivity index (χ2v) is 8.08. The molecular formula is C23H29N4O4+. The summed E-state index contributed by atoms with van der Waals surface area (Å²) in [5.74, 6) is -0.0792. The fourth-order valence-corrected chi connectivity index (χ4v) is 3.59. The van der Waals surface area contributed by atoms with E-state index in [0.717, 1.165) is 26.8 Å². The standard InChI is InChI=1S/C23H28N4O4/c1-23(14-13-17-7-5-4-6-8-17)21(29)27(22(30)24-23)25-20(28)16-26(2)15-18-9-11-19(31-3)12-10-18/h4-12H,13-16H2,1-3H3,(H,24,30)(H,25,28)/p+1/t23-/m1/s1. The van der Waals surface area contributed by atoms with E-state index in [1.165, 1.54) is 0 Å². The first-order chi connectivity index (χ1) is 14.8. The summed E-state index contributed by atoms with van der Waals surface area (Å²) in [6.45, 7) is 2.42. The Morgan fingerprint density at radius 2 is 1.77 bits per heavy atom. The fraction of sp³-hybridized carbons (Fsp3) is 0.348. The van der Waals surface area contributed by atoms with Crippen molar-refractivity contribution in [3.63, 3.8) is 0 Å². The van der Waals surface area contributed by atoms with Crippen molar-refractivity contribution in [3.8, 4) is 5.75 Å². The van der Waals surface area contributed by atoms with Crippen molar-refractivity contribution in [1.82, 2.24) is 15.8 Å². The van der Waals surface area contributed by atoms with Crippen molar-refractivity contribution < 1.29 is 24.0 Å². The summed E-state index contributed by atoms with van der Waals surface area (Å²) in [6, 6.07) is 16.8. The van der Waals surface area contributed by atoms with Gasteiger partial charge in [-0.2, -0.15) is 5.01 Å². The van der Waals surface area contributed by atoms with E-state index in [0.29, 0.717) is 19.4 Å². The quantitative estimate of drug-likeness (QED) is 0.516. The largest absolute Gasteiger partial charge is 0.497 e. The number of methoxy groups -OCH3 is 1. The minimum Gasteiger partial charge on any atom is -0.497 e. The molecule has 3 N–H and O–H groups in total. The van der Waals surface area contributed by atoms with Gasteiger partial charge in [0.05, 0.1) is 14.2 Å². The van der Waals surface area contributed by atoms with Crippen molar-refractivity contribution in [2.24, 2.45) is 0 Å². The molecular weight excluding hydrogens is 396 g/mol. The summed E-state index contributed by atoms with van der Waals surface area (Å²) in [5, 5.41) is 3.51. The second kappa shape index (κ2) is 9.61. The van der Waals surface area contributed by atoms with Gasteiger partial charge >= 0.3 is 6.03 Å². The Labute approximate surface area is 182 Å². The number of benzene rings is 2. The Balaban J connectivity index is 1.52. The maximum absolute atomic E-state index is 12.8. The Morgan fingerprint density at radius 1 is 1.10 bits per heavy atom. The first-order valence-corrected chi connectivity index (χ1v) is 10.2. The predicted molar refractivity (Wildman–Crippen MR) is 115 cm³/mol. The van der Waals surface area contributed by atoms with Gasteiger partial charge in [0.15, 0.2) is 6.54 Å². The summed E-state index contributed by atoms with van der Waals surface area (Å²) in [7, 11) is 3.48. The Kier molecular flexibility index (Phi) is 6.91. The van der Waals surface area contributed by atoms with Crippen LogP contribution in [-0.2, 0) is 22.6 Å². The average molecular weight is 426 g/mol. The SMILES string of the molecule is COc1ccc(C[NH+](C)CC(=O)NN2C(=O)N[C@](C)(CCc3ccccc3)C2=O)cc1. The van der Waals surface area contributed by atoms with Crippen LogP contribution in [0.1, 0.15) is 24.5 Å². The topological polar surface area (TPSA) is 92.2 Å². The number of likely N-dealkylation sites (N-methyl/N-ethyl adjacent to an activating group) is 1. The summed E-state index contributed by atoms with van der Waals surface area (Å²) in [5.41, 5.74) is 3.54. The summed E-state index contributed by atoms with van der Waals surface area (Å²) in [6.07, 6.45) is 1.08. The summed E-state index contributed by atoms with van der Waals surface area (Å²) < 4.78 is 5.15. The van der Waals surface area contributed by atoms with Crippen LogP contribution in [0.15, 0.2) is 54.6 Å². The average Bonchev–Trinajstić information content (AvgIpc) is 2.97. The van der Waals surface area contributed by atoms with Crippen LogP contribution >= 0.6 is 0 Å². The zero-order valence-electron chi connectivity index (χ0n) is 18.1. The Bertz CT molecular complexity index is 932. The lowest BCUT2D eigenvalue weighted by Gasteiger charge is -2.22. The number of hydrazine groups is 1. The van der Waals surface area contributed by atoms with E-state index in [9.17, 15) is 14.4 Å². The predicted octanol–water partition coefficient (Wildman–Crippen LogP) is 0.684. The van der Waals surface area contributed by atoms with E-state index in [-0.39, 0.29) is 6.54 Å². The molecule has 8 heteroatoms. The van der Waals surface area contributed by atoms with Crippen molar-refractivity contribution in [2.45, 2.75) is 31.8 Å². The third-order valence-electron chi connectivity index (χ3n) is 5.38. The molecule has 0 aromatic heterocycles. The van der Waals surface area contributed by atoms with Gasteiger partial charge in [-0.15, -0.1) is 0 Å². The highest BCUT2D eigenvalue weighted by Crippen LogP contribution is 2.22. The van der Waals surface area contributed by atoms with E-state index in [1.807, 2.05) is 61.6 Å². The molecule has 0 radical (unpaired) electrons. The van der Waals surface area contributed by atoms with Gasteiger partial charge in [-0.3, -0.25) is 15.0 Å². The van der Waals surface area contributed by atoms with Crippen LogP contribution in [-0.4, -0.2) is 49.1 Å². The molecule has 0 spiro atoms. The highest BCUT2D eigenvalue weighted by Gasteiger charge is 2.48. The number of hydrogen-bond acceptors (Lipinski definition) is 4. The van der Waals surface area contributed by atoms with E-state index in [1.54, 1.807) is 14.0 Å². The molecule has 1 heterocycles. The van der Waals surface area contributed by atoms with Crippen molar-refractivity contribution >= 4 is 17.8 Å². The summed E-state index contributed by atoms with van der Waals surface area (Å²) in [4.78, 5) is 38.6. The number of quaternary nitrogens is 1. The van der Waals surface area contributed by atoms with Crippen molar-refractivity contribution in [1.29, 1.82) is 0 Å². The number of aryl methyl sites for hydroxylation is 1. The third kappa shape index (κ3) is 5.61. The number of imide groups is 1. The molecule has 2 aromatic carbocycles. The molecule has 2 aromatic rings. The van der Waals surface area contributed by atoms with Crippen LogP contribution < -0.4 is 20.4 Å². The molecule has 8 nitrogen and oxygen atoms in total. The number of rotatable bonds is 9. The van der Waals surface area contributed by atoms with Crippen molar-refractivity contribution in [2.75, 3.05) is 20.7 Å². The van der Waals surface area contributed by atoms with E-state index in [4.69, 9.17) is 4.74 Å². The second-order valence-electron chi connectivity index (χ2n) is 8.08. The molecule has 1 fully saturated rings. The maximum atomic E-state index is 12.8. The number of carbonyl (C=O) groups excluding carboxylic acids is 3. The summed E-state index contributed by atoms with van der Waals surface area (Å²) >= 11 is 0. The third-order valence-corrected chi connectivity index (χ3v) is 5.38. The van der Waals surface area contributed by atoms with E-state index >= 15 is 0 Å². The van der Waals surface area contributed by atoms with Gasteiger partial charge in [-0.05, 0) is 49.6 Å². The number of hydrogen-bond donors (Lipinski definition) is 3. The van der Waals surface area contributed by atoms with Gasteiger partial charge in [-0.1, -0.05) is 30.3 Å². The van der Waals surface area contributed by atoms with Crippen LogP contribution in [0, 0.1) is 0 Å². The van der Waals surface area contributed by atoms with E-state index in [2.05, 4.69) is 10.7 Å². The molecule has 1 aliphatic heterocycles. The first kappa shape index (κ1) is 22.3. The molecule has 0 saturated carbocycles. The number of nitrogens with zero attached hydrogens (tertiary/aromatic N) is 1. The van der Waals surface area contributed by atoms with Crippen molar-refractivity contribution in [3.05, 3.63) is 65.7 Å². The van der Waals surface area contributed by atoms with Crippen LogP contribution in [0.2, 0.25) is 0 Å². The molecule has 3 rings (SSSR count). The zero-order valence-corrected chi connectivity index (χ0v) is 18.1. The number of amides is 4. The highest BCUT2D eigenvalue weighted by molar-refractivity contribution is 6.07. The lowest BCUT2D eigenvalue weighted by Crippen LogP contribution is -3.09. The minimum absolute atomic E-state index is 0.115. The fourth-order valence-electron chi connectivity index (χ4n) is 3.59. The van der Waals surface area contributed by atoms with Crippen LogP contribution in [0.4, 0.5) is 4.79 Å². The molecule has 1 unspecified atom stereocenters. The molecule has 4 amide bonds. The number of urea groups is 1. The smallest absolute Gasteiger partial charge is 0.344 e. The highest BCUT2D eigenvalue weighted by atomic mass is 16.5. The lowest BCUT2D eigenvalue weighted by atomic mass is 9.93. The molecule has 164 valence electrons. The van der Waals surface area contributed by atoms with Crippen LogP contribution in [0.25, 0.3) is 0 Å². The van der Waals surface area contributed by atoms with Crippen LogP contribution in [0.5, 0.6) is 5.75 Å². The molecule has 31 heavy (non-hydrogen) atoms. The lowest BCUT2D eigenvalue weighted by molar-refractivity contribution is -0.885. The molecule has 0 bridgehead atoms. The Hall–Kier alpha value is -3.39. The molecule has 2 atom stereocenters. The van der Waals surface area contributed by atoms with Gasteiger partial charge < -0.3 is 15.0 Å². The van der Waals surface area contributed by atoms with Gasteiger partial charge in [-0.25, -0.2) is 4.79 Å². The first-order valence-electron chi connectivity index (χ1n) is 10.2. The monoisotopic (exact) mass is 425 g/mol. The maximum Gasteiger partial charge on any atom is 0.344 e. The number of carbonyl (C=O) groups is 3. The molecule has 1 aliphatic rings. The number of ether oxygens (including phenoxy) is 1. The number of nitrogens with one attached hydrogen (secondary N) is 3. The molecule has 0 aliphatic carbocycles. The van der Waals surface area contributed by atoms with Gasteiger partial charge in [0, 0.05) is 5.56 Å². The van der Waals surface area contributed by atoms with E-state index < -0.39 is 23.4 Å². The van der Waals surface area contributed by atoms with Gasteiger partial charge in [0.1, 0.15) is 17.8 Å². The normalized spacial score (nSPS) is 19.1. The molecule has 1 saturated heterocycles. The minimum atomic E-state index is -1.05. The zero-order chi connectivity index (χ0) is 22.4. The van der Waals surface area contributed by atoms with Gasteiger partial charge in [0.2, 0.25) is 0 Å².